The third-order valence-corrected chi connectivity index (χ3v) is 4.22. The van der Waals surface area contributed by atoms with Gasteiger partial charge in [-0.1, -0.05) is 34.1 Å². The molecule has 3 aromatic rings. The summed E-state index contributed by atoms with van der Waals surface area (Å²) >= 11 is 3.43. The van der Waals surface area contributed by atoms with Crippen molar-refractivity contribution in [2.45, 2.75) is 6.54 Å². The minimum absolute atomic E-state index is 0.0451. The van der Waals surface area contributed by atoms with E-state index in [4.69, 9.17) is 4.74 Å². The summed E-state index contributed by atoms with van der Waals surface area (Å²) in [6.07, 6.45) is 3.07. The Balaban J connectivity index is 1.63. The van der Waals surface area contributed by atoms with Gasteiger partial charge in [0.2, 0.25) is 0 Å². The van der Waals surface area contributed by atoms with Crippen LogP contribution < -0.4 is 10.2 Å². The van der Waals surface area contributed by atoms with Crippen LogP contribution in [0, 0.1) is 0 Å². The number of methoxy groups -OCH3 is 1. The summed E-state index contributed by atoms with van der Waals surface area (Å²) < 4.78 is 7.69. The molecule has 0 aliphatic carbocycles. The molecular weight excluding hydrogens is 412 g/mol. The van der Waals surface area contributed by atoms with Crippen LogP contribution in [-0.2, 0) is 6.54 Å². The van der Waals surface area contributed by atoms with E-state index in [1.165, 1.54) is 13.3 Å². The molecule has 8 heteroatoms. The fraction of sp³-hybridized carbons (Fsp3) is 0.105. The lowest BCUT2D eigenvalue weighted by molar-refractivity contribution is 0.0949. The van der Waals surface area contributed by atoms with E-state index in [-0.39, 0.29) is 11.4 Å². The zero-order valence-corrected chi connectivity index (χ0v) is 16.0. The van der Waals surface area contributed by atoms with Gasteiger partial charge in [-0.15, -0.1) is 0 Å². The molecule has 2 aromatic carbocycles. The molecule has 138 valence electrons. The molecule has 27 heavy (non-hydrogen) atoms. The number of hydrogen-bond donors (Lipinski definition) is 2. The minimum atomic E-state index is -0.443. The Morgan fingerprint density at radius 2 is 2.15 bits per heavy atom. The first-order valence-corrected chi connectivity index (χ1v) is 8.83. The number of nitrogens with zero attached hydrogens (tertiary/aromatic N) is 3. The predicted octanol–water partition coefficient (Wildman–Crippen LogP) is 3.17. The molecule has 3 rings (SSSR count). The van der Waals surface area contributed by atoms with Gasteiger partial charge in [-0.05, 0) is 35.9 Å². The molecule has 0 atom stereocenters. The number of hydrazone groups is 1. The van der Waals surface area contributed by atoms with Crippen LogP contribution in [-0.4, -0.2) is 34.1 Å². The van der Waals surface area contributed by atoms with E-state index in [0.717, 1.165) is 10.0 Å². The van der Waals surface area contributed by atoms with Gasteiger partial charge in [0, 0.05) is 16.2 Å². The number of nitrogens with one attached hydrogen (secondary N) is 1. The van der Waals surface area contributed by atoms with Crippen LogP contribution in [0.5, 0.6) is 11.5 Å². The quantitative estimate of drug-likeness (QED) is 0.466. The maximum atomic E-state index is 12.2. The average molecular weight is 429 g/mol. The first-order chi connectivity index (χ1) is 13.1. The molecular formula is C19H17BrN4O3. The van der Waals surface area contributed by atoms with Gasteiger partial charge in [0.15, 0.2) is 17.2 Å². The summed E-state index contributed by atoms with van der Waals surface area (Å²) in [6.45, 7) is 0.549. The smallest absolute Gasteiger partial charge is 0.291 e. The second-order valence-corrected chi connectivity index (χ2v) is 6.54. The molecule has 0 unspecified atom stereocenters. The van der Waals surface area contributed by atoms with Crippen molar-refractivity contribution in [3.8, 4) is 11.5 Å². The Morgan fingerprint density at radius 3 is 2.93 bits per heavy atom. The highest BCUT2D eigenvalue weighted by molar-refractivity contribution is 9.10. The number of aromatic nitrogens is 2. The van der Waals surface area contributed by atoms with Gasteiger partial charge in [-0.25, -0.2) is 5.43 Å². The summed E-state index contributed by atoms with van der Waals surface area (Å²) in [7, 11) is 1.46. The van der Waals surface area contributed by atoms with Gasteiger partial charge >= 0.3 is 0 Å². The van der Waals surface area contributed by atoms with E-state index in [2.05, 4.69) is 31.6 Å². The first kappa shape index (κ1) is 18.7. The van der Waals surface area contributed by atoms with Gasteiger partial charge < -0.3 is 9.84 Å². The largest absolute Gasteiger partial charge is 0.504 e. The van der Waals surface area contributed by atoms with Crippen molar-refractivity contribution < 1.29 is 14.6 Å². The number of carbonyl (C=O) groups is 1. The lowest BCUT2D eigenvalue weighted by Gasteiger charge is -2.04. The summed E-state index contributed by atoms with van der Waals surface area (Å²) in [5.74, 6) is -0.158. The predicted molar refractivity (Wildman–Crippen MR) is 105 cm³/mol. The van der Waals surface area contributed by atoms with E-state index in [0.29, 0.717) is 17.9 Å². The lowest BCUT2D eigenvalue weighted by atomic mass is 10.2. The highest BCUT2D eigenvalue weighted by Gasteiger charge is 2.09. The molecule has 0 saturated carbocycles. The van der Waals surface area contributed by atoms with Crippen LogP contribution in [0.25, 0.3) is 0 Å². The Morgan fingerprint density at radius 1 is 1.33 bits per heavy atom. The lowest BCUT2D eigenvalue weighted by Crippen LogP contribution is -2.18. The van der Waals surface area contributed by atoms with Crippen molar-refractivity contribution in [1.82, 2.24) is 15.2 Å². The molecule has 0 bridgehead atoms. The summed E-state index contributed by atoms with van der Waals surface area (Å²) in [6, 6.07) is 14.5. The van der Waals surface area contributed by atoms with Crippen molar-refractivity contribution in [2.24, 2.45) is 5.10 Å². The average Bonchev–Trinajstić information content (AvgIpc) is 3.11. The Labute approximate surface area is 164 Å². The molecule has 0 fully saturated rings. The van der Waals surface area contributed by atoms with Crippen molar-refractivity contribution in [1.29, 1.82) is 0 Å². The van der Waals surface area contributed by atoms with Crippen LogP contribution in [0.4, 0.5) is 0 Å². The zero-order valence-electron chi connectivity index (χ0n) is 14.5. The van der Waals surface area contributed by atoms with E-state index in [1.54, 1.807) is 35.1 Å². The summed E-state index contributed by atoms with van der Waals surface area (Å²) in [4.78, 5) is 12.2. The second-order valence-electron chi connectivity index (χ2n) is 5.63. The number of amides is 1. The van der Waals surface area contributed by atoms with Gasteiger partial charge in [0.05, 0.1) is 19.9 Å². The monoisotopic (exact) mass is 428 g/mol. The van der Waals surface area contributed by atoms with E-state index in [9.17, 15) is 9.90 Å². The van der Waals surface area contributed by atoms with E-state index >= 15 is 0 Å². The second kappa shape index (κ2) is 8.50. The SMILES string of the molecule is COc1cccc(/C=N/NC(=O)c2ccn(Cc3cccc(Br)c3)n2)c1O. The number of hydrogen-bond acceptors (Lipinski definition) is 5. The third kappa shape index (κ3) is 4.73. The number of para-hydroxylation sites is 1. The molecule has 0 radical (unpaired) electrons. The van der Waals surface area contributed by atoms with E-state index < -0.39 is 5.91 Å². The molecule has 0 saturated heterocycles. The maximum Gasteiger partial charge on any atom is 0.291 e. The van der Waals surface area contributed by atoms with Crippen LogP contribution >= 0.6 is 15.9 Å². The number of rotatable bonds is 6. The van der Waals surface area contributed by atoms with Gasteiger partial charge in [-0.3, -0.25) is 9.48 Å². The molecule has 0 spiro atoms. The number of ether oxygens (including phenoxy) is 1. The fourth-order valence-corrected chi connectivity index (χ4v) is 2.87. The van der Waals surface area contributed by atoms with Crippen LogP contribution in [0.15, 0.2) is 64.3 Å². The number of halogens is 1. The van der Waals surface area contributed by atoms with Gasteiger partial charge in [-0.2, -0.15) is 10.2 Å². The maximum absolute atomic E-state index is 12.2. The van der Waals surface area contributed by atoms with Crippen molar-refractivity contribution in [3.63, 3.8) is 0 Å². The molecule has 1 amide bonds. The van der Waals surface area contributed by atoms with Gasteiger partial charge in [0.25, 0.3) is 5.91 Å². The van der Waals surface area contributed by atoms with Crippen LogP contribution in [0.3, 0.4) is 0 Å². The Kier molecular flexibility index (Phi) is 5.87. The number of aromatic hydroxyl groups is 1. The number of phenolic OH excluding ortho intramolecular Hbond substituents is 1. The highest BCUT2D eigenvalue weighted by Crippen LogP contribution is 2.27. The highest BCUT2D eigenvalue weighted by atomic mass is 79.9. The standard InChI is InChI=1S/C19H17BrN4O3/c1-27-17-7-3-5-14(18(17)25)11-21-22-19(26)16-8-9-24(23-16)12-13-4-2-6-15(20)10-13/h2-11,25H,12H2,1H3,(H,22,26)/b21-11+. The van der Waals surface area contributed by atoms with Crippen molar-refractivity contribution in [3.05, 3.63) is 76.0 Å². The Bertz CT molecular complexity index is 985. The summed E-state index contributed by atoms with van der Waals surface area (Å²) in [5, 5.41) is 18.1. The molecule has 0 aliphatic heterocycles. The number of phenols is 1. The first-order valence-electron chi connectivity index (χ1n) is 8.04. The zero-order chi connectivity index (χ0) is 19.2. The van der Waals surface area contributed by atoms with Crippen LogP contribution in [0.2, 0.25) is 0 Å². The van der Waals surface area contributed by atoms with Crippen LogP contribution in [0.1, 0.15) is 21.6 Å². The molecule has 1 aromatic heterocycles. The fourth-order valence-electron chi connectivity index (χ4n) is 2.42. The van der Waals surface area contributed by atoms with E-state index in [1.807, 2.05) is 24.3 Å². The Hall–Kier alpha value is -3.13. The van der Waals surface area contributed by atoms with Crippen molar-refractivity contribution >= 4 is 28.1 Å². The molecule has 7 nitrogen and oxygen atoms in total. The minimum Gasteiger partial charge on any atom is -0.504 e. The van der Waals surface area contributed by atoms with Gasteiger partial charge in [0.1, 0.15) is 0 Å². The number of carbonyl (C=O) groups excluding carboxylic acids is 1. The topological polar surface area (TPSA) is 88.7 Å². The normalized spacial score (nSPS) is 10.9. The summed E-state index contributed by atoms with van der Waals surface area (Å²) in [5.41, 5.74) is 4.13. The third-order valence-electron chi connectivity index (χ3n) is 3.73. The molecule has 2 N–H and O–H groups in total. The molecule has 0 aliphatic rings. The van der Waals surface area contributed by atoms with Crippen molar-refractivity contribution in [2.75, 3.05) is 7.11 Å². The number of benzene rings is 2. The molecule has 1 heterocycles.